The molecule has 1 aliphatic rings. The highest BCUT2D eigenvalue weighted by Gasteiger charge is 2.17. The Morgan fingerprint density at radius 2 is 1.90 bits per heavy atom. The minimum atomic E-state index is -0.923. The van der Waals surface area contributed by atoms with Crippen LogP contribution in [0, 0.1) is 0 Å². The average molecular weight is 279 g/mol. The van der Waals surface area contributed by atoms with Gasteiger partial charge < -0.3 is 10.0 Å². The largest absolute Gasteiger partial charge is 0.478 e. The number of para-hydroxylation sites is 1. The number of nitrogens with zero attached hydrogens (tertiary/aromatic N) is 1. The maximum Gasteiger partial charge on any atom is 0.328 e. The standard InChI is InChI=1S/C18H17NO2/c20-18(21)10-9-14-5-7-15(8-6-14)13-19-12-11-16-3-1-2-4-17(16)19/h1-10H,11-13H2,(H,20,21). The van der Waals surface area contributed by atoms with Gasteiger partial charge in [-0.05, 0) is 35.3 Å². The van der Waals surface area contributed by atoms with Gasteiger partial charge in [0.1, 0.15) is 0 Å². The third kappa shape index (κ3) is 3.14. The summed E-state index contributed by atoms with van der Waals surface area (Å²) in [6.07, 6.45) is 3.87. The fourth-order valence-electron chi connectivity index (χ4n) is 2.69. The van der Waals surface area contributed by atoms with Gasteiger partial charge in [-0.1, -0.05) is 42.5 Å². The molecule has 1 aliphatic heterocycles. The maximum atomic E-state index is 10.5. The van der Waals surface area contributed by atoms with Crippen molar-refractivity contribution >= 4 is 17.7 Å². The number of carbonyl (C=O) groups is 1. The second-order valence-electron chi connectivity index (χ2n) is 5.21. The van der Waals surface area contributed by atoms with Crippen LogP contribution in [0.25, 0.3) is 6.08 Å². The Balaban J connectivity index is 1.70. The van der Waals surface area contributed by atoms with E-state index < -0.39 is 5.97 Å². The minimum Gasteiger partial charge on any atom is -0.478 e. The molecule has 0 fully saturated rings. The zero-order chi connectivity index (χ0) is 14.7. The Labute approximate surface area is 124 Å². The average Bonchev–Trinajstić information content (AvgIpc) is 2.90. The normalized spacial score (nSPS) is 13.6. The van der Waals surface area contributed by atoms with E-state index in [-0.39, 0.29) is 0 Å². The summed E-state index contributed by atoms with van der Waals surface area (Å²) in [4.78, 5) is 12.9. The van der Waals surface area contributed by atoms with Gasteiger partial charge in [0.2, 0.25) is 0 Å². The third-order valence-corrected chi connectivity index (χ3v) is 3.75. The summed E-state index contributed by atoms with van der Waals surface area (Å²) in [6, 6.07) is 16.6. The first-order valence-corrected chi connectivity index (χ1v) is 7.05. The van der Waals surface area contributed by atoms with Gasteiger partial charge in [0.05, 0.1) is 0 Å². The first-order chi connectivity index (χ1) is 10.2. The molecule has 3 rings (SSSR count). The smallest absolute Gasteiger partial charge is 0.328 e. The first kappa shape index (κ1) is 13.4. The quantitative estimate of drug-likeness (QED) is 0.873. The van der Waals surface area contributed by atoms with Gasteiger partial charge in [-0.15, -0.1) is 0 Å². The van der Waals surface area contributed by atoms with Crippen molar-refractivity contribution in [3.8, 4) is 0 Å². The van der Waals surface area contributed by atoms with Crippen molar-refractivity contribution in [2.24, 2.45) is 0 Å². The van der Waals surface area contributed by atoms with Gasteiger partial charge in [0.15, 0.2) is 0 Å². The number of benzene rings is 2. The van der Waals surface area contributed by atoms with Crippen molar-refractivity contribution in [2.75, 3.05) is 11.4 Å². The van der Waals surface area contributed by atoms with E-state index in [1.807, 2.05) is 12.1 Å². The first-order valence-electron chi connectivity index (χ1n) is 7.05. The summed E-state index contributed by atoms with van der Waals surface area (Å²) in [7, 11) is 0. The lowest BCUT2D eigenvalue weighted by Gasteiger charge is -2.19. The molecule has 0 aromatic heterocycles. The van der Waals surface area contributed by atoms with E-state index in [0.717, 1.165) is 31.1 Å². The van der Waals surface area contributed by atoms with E-state index in [9.17, 15) is 4.79 Å². The van der Waals surface area contributed by atoms with Crippen molar-refractivity contribution in [3.05, 3.63) is 71.3 Å². The fourth-order valence-corrected chi connectivity index (χ4v) is 2.69. The van der Waals surface area contributed by atoms with Crippen LogP contribution in [-0.4, -0.2) is 17.6 Å². The van der Waals surface area contributed by atoms with E-state index in [1.54, 1.807) is 6.08 Å². The lowest BCUT2D eigenvalue weighted by Crippen LogP contribution is -2.19. The molecule has 0 amide bonds. The Morgan fingerprint density at radius 1 is 1.14 bits per heavy atom. The van der Waals surface area contributed by atoms with Crippen LogP contribution in [0.1, 0.15) is 16.7 Å². The molecule has 0 spiro atoms. The number of carboxylic acid groups (broad SMARTS) is 1. The van der Waals surface area contributed by atoms with Gasteiger partial charge in [0.25, 0.3) is 0 Å². The molecule has 1 N–H and O–H groups in total. The molecule has 1 heterocycles. The predicted molar refractivity (Wildman–Crippen MR) is 84.3 cm³/mol. The molecule has 0 aliphatic carbocycles. The number of hydrogen-bond acceptors (Lipinski definition) is 2. The van der Waals surface area contributed by atoms with Gasteiger partial charge >= 0.3 is 5.97 Å². The maximum absolute atomic E-state index is 10.5. The molecule has 21 heavy (non-hydrogen) atoms. The van der Waals surface area contributed by atoms with Crippen LogP contribution >= 0.6 is 0 Å². The second-order valence-corrected chi connectivity index (χ2v) is 5.21. The summed E-state index contributed by atoms with van der Waals surface area (Å²) in [5, 5.41) is 8.62. The van der Waals surface area contributed by atoms with Gasteiger partial charge in [0, 0.05) is 24.9 Å². The Bertz CT molecular complexity index is 674. The van der Waals surface area contributed by atoms with Crippen LogP contribution in [0.5, 0.6) is 0 Å². The summed E-state index contributed by atoms with van der Waals surface area (Å²) < 4.78 is 0. The molecule has 0 atom stereocenters. The molecule has 106 valence electrons. The zero-order valence-corrected chi connectivity index (χ0v) is 11.7. The lowest BCUT2D eigenvalue weighted by atomic mass is 10.1. The Hall–Kier alpha value is -2.55. The van der Waals surface area contributed by atoms with Gasteiger partial charge in [-0.25, -0.2) is 4.79 Å². The van der Waals surface area contributed by atoms with Crippen LogP contribution in [0.3, 0.4) is 0 Å². The second kappa shape index (κ2) is 5.83. The molecule has 3 nitrogen and oxygen atoms in total. The van der Waals surface area contributed by atoms with E-state index in [2.05, 4.69) is 41.3 Å². The van der Waals surface area contributed by atoms with Crippen LogP contribution < -0.4 is 4.90 Å². The van der Waals surface area contributed by atoms with Gasteiger partial charge in [-0.2, -0.15) is 0 Å². The molecular formula is C18H17NO2. The SMILES string of the molecule is O=C(O)C=Cc1ccc(CN2CCc3ccccc32)cc1. The number of carboxylic acids is 1. The predicted octanol–water partition coefficient (Wildman–Crippen LogP) is 3.35. The van der Waals surface area contributed by atoms with E-state index >= 15 is 0 Å². The van der Waals surface area contributed by atoms with Crippen molar-refractivity contribution in [1.82, 2.24) is 0 Å². The molecule has 0 unspecified atom stereocenters. The van der Waals surface area contributed by atoms with Crippen LogP contribution in [0.4, 0.5) is 5.69 Å². The fraction of sp³-hybridized carbons (Fsp3) is 0.167. The number of hydrogen-bond donors (Lipinski definition) is 1. The summed E-state index contributed by atoms with van der Waals surface area (Å²) in [6.45, 7) is 1.94. The highest BCUT2D eigenvalue weighted by Crippen LogP contribution is 2.28. The molecular weight excluding hydrogens is 262 g/mol. The Kier molecular flexibility index (Phi) is 3.73. The van der Waals surface area contributed by atoms with Gasteiger partial charge in [-0.3, -0.25) is 0 Å². The minimum absolute atomic E-state index is 0.889. The van der Waals surface area contributed by atoms with Crippen molar-refractivity contribution in [3.63, 3.8) is 0 Å². The molecule has 2 aromatic rings. The van der Waals surface area contributed by atoms with Crippen LogP contribution in [0.15, 0.2) is 54.6 Å². The molecule has 2 aromatic carbocycles. The molecule has 0 radical (unpaired) electrons. The topological polar surface area (TPSA) is 40.5 Å². The van der Waals surface area contributed by atoms with Crippen molar-refractivity contribution < 1.29 is 9.90 Å². The number of rotatable bonds is 4. The number of fused-ring (bicyclic) bond motifs is 1. The van der Waals surface area contributed by atoms with Crippen LogP contribution in [-0.2, 0) is 17.8 Å². The molecule has 3 heteroatoms. The van der Waals surface area contributed by atoms with E-state index in [1.165, 1.54) is 16.8 Å². The number of anilines is 1. The zero-order valence-electron chi connectivity index (χ0n) is 11.7. The van der Waals surface area contributed by atoms with E-state index in [4.69, 9.17) is 5.11 Å². The van der Waals surface area contributed by atoms with Crippen molar-refractivity contribution in [1.29, 1.82) is 0 Å². The van der Waals surface area contributed by atoms with Crippen molar-refractivity contribution in [2.45, 2.75) is 13.0 Å². The Morgan fingerprint density at radius 3 is 2.67 bits per heavy atom. The molecule has 0 saturated carbocycles. The molecule has 0 bridgehead atoms. The monoisotopic (exact) mass is 279 g/mol. The summed E-state index contributed by atoms with van der Waals surface area (Å²) >= 11 is 0. The highest BCUT2D eigenvalue weighted by molar-refractivity contribution is 5.85. The lowest BCUT2D eigenvalue weighted by molar-refractivity contribution is -0.131. The van der Waals surface area contributed by atoms with Crippen LogP contribution in [0.2, 0.25) is 0 Å². The highest BCUT2D eigenvalue weighted by atomic mass is 16.4. The number of aliphatic carboxylic acids is 1. The summed E-state index contributed by atoms with van der Waals surface area (Å²) in [5.74, 6) is -0.923. The van der Waals surface area contributed by atoms with E-state index in [0.29, 0.717) is 0 Å². The third-order valence-electron chi connectivity index (χ3n) is 3.75. The summed E-state index contributed by atoms with van der Waals surface area (Å²) in [5.41, 5.74) is 4.88. The molecule has 0 saturated heterocycles.